The average Bonchev–Trinajstić information content (AvgIpc) is 2.01. The monoisotopic (exact) mass is 146 g/mol. The quantitative estimate of drug-likeness (QED) is 0.533. The van der Waals surface area contributed by atoms with E-state index in [4.69, 9.17) is 0 Å². The van der Waals surface area contributed by atoms with Crippen molar-refractivity contribution in [2.45, 2.75) is 6.92 Å². The lowest BCUT2D eigenvalue weighted by Crippen LogP contribution is -1.67. The van der Waals surface area contributed by atoms with E-state index in [0.29, 0.717) is 0 Å². The summed E-state index contributed by atoms with van der Waals surface area (Å²) in [5.74, 6) is 0. The first-order valence-electron chi connectivity index (χ1n) is 3.59. The van der Waals surface area contributed by atoms with E-state index in [9.17, 15) is 0 Å². The van der Waals surface area contributed by atoms with Gasteiger partial charge < -0.3 is 0 Å². The summed E-state index contributed by atoms with van der Waals surface area (Å²) in [4.78, 5) is 0. The van der Waals surface area contributed by atoms with E-state index in [1.807, 2.05) is 37.3 Å². The van der Waals surface area contributed by atoms with E-state index in [1.54, 1.807) is 12.2 Å². The molecular weight excluding hydrogens is 132 g/mol. The fourth-order valence-electron chi connectivity index (χ4n) is 0.674. The predicted octanol–water partition coefficient (Wildman–Crippen LogP) is 3.42. The van der Waals surface area contributed by atoms with E-state index < -0.39 is 0 Å². The molecule has 0 aromatic carbocycles. The van der Waals surface area contributed by atoms with Crippen molar-refractivity contribution < 1.29 is 0 Å². The minimum absolute atomic E-state index is 1.13. The Morgan fingerprint density at radius 3 is 2.27 bits per heavy atom. The second-order valence-corrected chi connectivity index (χ2v) is 2.00. The Balaban J connectivity index is 4.33. The Bertz CT molecular complexity index is 202. The van der Waals surface area contributed by atoms with Crippen LogP contribution in [0.15, 0.2) is 61.3 Å². The highest BCUT2D eigenvalue weighted by Gasteiger charge is 1.78. The van der Waals surface area contributed by atoms with Crippen LogP contribution in [0.3, 0.4) is 0 Å². The van der Waals surface area contributed by atoms with E-state index in [1.165, 1.54) is 0 Å². The molecule has 0 aromatic heterocycles. The third kappa shape index (κ3) is 5.16. The maximum atomic E-state index is 3.62. The highest BCUT2D eigenvalue weighted by Crippen LogP contribution is 1.99. The van der Waals surface area contributed by atoms with Gasteiger partial charge in [0.1, 0.15) is 0 Å². The molecule has 0 saturated heterocycles. The van der Waals surface area contributed by atoms with Crippen LogP contribution in [0, 0.1) is 0 Å². The molecule has 0 heterocycles. The van der Waals surface area contributed by atoms with Gasteiger partial charge in [0.2, 0.25) is 0 Å². The molecule has 0 saturated carbocycles. The minimum Gasteiger partial charge on any atom is -0.0991 e. The molecule has 0 atom stereocenters. The molecule has 0 aliphatic rings. The number of allylic oxidation sites excluding steroid dienone is 8. The van der Waals surface area contributed by atoms with Crippen LogP contribution >= 0.6 is 0 Å². The summed E-state index contributed by atoms with van der Waals surface area (Å²) in [5.41, 5.74) is 1.13. The number of hydrogen-bond donors (Lipinski definition) is 0. The van der Waals surface area contributed by atoms with Gasteiger partial charge in [-0.2, -0.15) is 0 Å². The number of rotatable bonds is 4. The first kappa shape index (κ1) is 9.70. The summed E-state index contributed by atoms with van der Waals surface area (Å²) in [6.07, 6.45) is 13.3. The summed E-state index contributed by atoms with van der Waals surface area (Å²) in [6, 6.07) is 0. The summed E-state index contributed by atoms with van der Waals surface area (Å²) >= 11 is 0. The molecule has 0 bridgehead atoms. The predicted molar refractivity (Wildman–Crippen MR) is 52.4 cm³/mol. The van der Waals surface area contributed by atoms with Gasteiger partial charge in [-0.15, -0.1) is 0 Å². The molecule has 0 heteroatoms. The van der Waals surface area contributed by atoms with E-state index in [2.05, 4.69) is 13.2 Å². The summed E-state index contributed by atoms with van der Waals surface area (Å²) in [5, 5.41) is 0. The lowest BCUT2D eigenvalue weighted by atomic mass is 10.2. The molecule has 0 N–H and O–H groups in total. The first-order valence-corrected chi connectivity index (χ1v) is 3.59. The van der Waals surface area contributed by atoms with Crippen LogP contribution in [0.5, 0.6) is 0 Å². The zero-order chi connectivity index (χ0) is 8.53. The van der Waals surface area contributed by atoms with Crippen LogP contribution in [-0.4, -0.2) is 0 Å². The van der Waals surface area contributed by atoms with Crippen molar-refractivity contribution in [1.29, 1.82) is 0 Å². The highest BCUT2D eigenvalue weighted by atomic mass is 13.8. The van der Waals surface area contributed by atoms with Crippen molar-refractivity contribution in [3.8, 4) is 0 Å². The molecule has 0 fully saturated rings. The normalized spacial score (nSPS) is 12.6. The van der Waals surface area contributed by atoms with Gasteiger partial charge in [0, 0.05) is 0 Å². The van der Waals surface area contributed by atoms with E-state index in [-0.39, 0.29) is 0 Å². The van der Waals surface area contributed by atoms with Gasteiger partial charge in [0.05, 0.1) is 0 Å². The fourth-order valence-corrected chi connectivity index (χ4v) is 0.674. The molecule has 0 amide bonds. The first-order chi connectivity index (χ1) is 5.35. The van der Waals surface area contributed by atoms with Crippen LogP contribution in [0.2, 0.25) is 0 Å². The molecule has 0 aliphatic carbocycles. The molecule has 0 unspecified atom stereocenters. The lowest BCUT2D eigenvalue weighted by Gasteiger charge is -1.88. The van der Waals surface area contributed by atoms with Gasteiger partial charge in [-0.1, -0.05) is 55.7 Å². The summed E-state index contributed by atoms with van der Waals surface area (Å²) < 4.78 is 0. The standard InChI is InChI=1S/C11H14/c1-4-7-10-11(8-5-2)9-6-3/h4-10H,1-2H2,3H3/b9-6+,10-7-,11-8-. The molecular formula is C11H14. The maximum absolute atomic E-state index is 3.62. The lowest BCUT2D eigenvalue weighted by molar-refractivity contribution is 1.63. The van der Waals surface area contributed by atoms with Crippen molar-refractivity contribution >= 4 is 0 Å². The molecule has 0 rings (SSSR count). The summed E-state index contributed by atoms with van der Waals surface area (Å²) in [7, 11) is 0. The van der Waals surface area contributed by atoms with Crippen LogP contribution in [0.4, 0.5) is 0 Å². The maximum Gasteiger partial charge on any atom is -0.0260 e. The SMILES string of the molecule is C=C\C=C/C(=C\C=C)/C=C/C. The van der Waals surface area contributed by atoms with Crippen molar-refractivity contribution in [3.05, 3.63) is 61.3 Å². The molecule has 0 radical (unpaired) electrons. The van der Waals surface area contributed by atoms with Crippen molar-refractivity contribution in [2.24, 2.45) is 0 Å². The number of hydrogen-bond acceptors (Lipinski definition) is 0. The smallest absolute Gasteiger partial charge is 0.0260 e. The van der Waals surface area contributed by atoms with Gasteiger partial charge >= 0.3 is 0 Å². The Morgan fingerprint density at radius 2 is 1.82 bits per heavy atom. The minimum atomic E-state index is 1.13. The van der Waals surface area contributed by atoms with Gasteiger partial charge in [-0.05, 0) is 12.5 Å². The van der Waals surface area contributed by atoms with Crippen molar-refractivity contribution in [1.82, 2.24) is 0 Å². The Labute approximate surface area is 68.9 Å². The Kier molecular flexibility index (Phi) is 6.01. The zero-order valence-electron chi connectivity index (χ0n) is 6.96. The van der Waals surface area contributed by atoms with Crippen LogP contribution in [0.25, 0.3) is 0 Å². The molecule has 0 spiro atoms. The van der Waals surface area contributed by atoms with Crippen LogP contribution in [0.1, 0.15) is 6.92 Å². The van der Waals surface area contributed by atoms with Crippen LogP contribution in [-0.2, 0) is 0 Å². The highest BCUT2D eigenvalue weighted by molar-refractivity contribution is 5.34. The largest absolute Gasteiger partial charge is 0.0991 e. The molecule has 0 aliphatic heterocycles. The van der Waals surface area contributed by atoms with Gasteiger partial charge in [-0.3, -0.25) is 0 Å². The van der Waals surface area contributed by atoms with E-state index >= 15 is 0 Å². The van der Waals surface area contributed by atoms with Crippen molar-refractivity contribution in [2.75, 3.05) is 0 Å². The Morgan fingerprint density at radius 1 is 1.09 bits per heavy atom. The third-order valence-corrected chi connectivity index (χ3v) is 1.09. The molecule has 0 aromatic rings. The van der Waals surface area contributed by atoms with Crippen molar-refractivity contribution in [3.63, 3.8) is 0 Å². The fraction of sp³-hybridized carbons (Fsp3) is 0.0909. The average molecular weight is 146 g/mol. The van der Waals surface area contributed by atoms with E-state index in [0.717, 1.165) is 5.57 Å². The Hall–Kier alpha value is -1.30. The molecule has 11 heavy (non-hydrogen) atoms. The second kappa shape index (κ2) is 6.81. The molecule has 58 valence electrons. The van der Waals surface area contributed by atoms with Gasteiger partial charge in [-0.25, -0.2) is 0 Å². The second-order valence-electron chi connectivity index (χ2n) is 2.00. The van der Waals surface area contributed by atoms with Gasteiger partial charge in [0.15, 0.2) is 0 Å². The zero-order valence-corrected chi connectivity index (χ0v) is 6.96. The topological polar surface area (TPSA) is 0 Å². The van der Waals surface area contributed by atoms with Crippen LogP contribution < -0.4 is 0 Å². The molecule has 0 nitrogen and oxygen atoms in total. The van der Waals surface area contributed by atoms with Gasteiger partial charge in [0.25, 0.3) is 0 Å². The third-order valence-electron chi connectivity index (χ3n) is 1.09. The summed E-state index contributed by atoms with van der Waals surface area (Å²) in [6.45, 7) is 9.19.